The number of carbonyl (C=O) groups is 2. The maximum Gasteiger partial charge on any atom is 0.279 e. The number of amides is 2. The first-order chi connectivity index (χ1) is 11.8. The number of nitrogens with zero attached hydrogens (tertiary/aromatic N) is 3. The van der Waals surface area contributed by atoms with E-state index in [2.05, 4.69) is 5.32 Å². The zero-order chi connectivity index (χ0) is 18.6. The van der Waals surface area contributed by atoms with Crippen LogP contribution in [0.4, 0.5) is 11.4 Å². The molecule has 1 aromatic carbocycles. The highest BCUT2D eigenvalue weighted by Crippen LogP contribution is 2.29. The molecule has 134 valence electrons. The number of carbonyl (C=O) groups excluding carboxylic acids is 2. The second-order valence-corrected chi connectivity index (χ2v) is 5.75. The first kappa shape index (κ1) is 18.3. The maximum atomic E-state index is 12.1. The van der Waals surface area contributed by atoms with Gasteiger partial charge in [-0.15, -0.1) is 0 Å². The summed E-state index contributed by atoms with van der Waals surface area (Å²) in [6, 6.07) is 2.06. The Kier molecular flexibility index (Phi) is 5.63. The summed E-state index contributed by atoms with van der Waals surface area (Å²) in [5, 5.41) is 24.6. The summed E-state index contributed by atoms with van der Waals surface area (Å²) in [6.45, 7) is 2.76. The minimum atomic E-state index is -0.752. The Morgan fingerprint density at radius 3 is 2.32 bits per heavy atom. The number of nitro groups is 2. The van der Waals surface area contributed by atoms with E-state index in [4.69, 9.17) is 0 Å². The van der Waals surface area contributed by atoms with Gasteiger partial charge in [0, 0.05) is 38.2 Å². The van der Waals surface area contributed by atoms with E-state index in [1.807, 2.05) is 0 Å². The number of benzene rings is 1. The molecule has 2 rings (SSSR count). The van der Waals surface area contributed by atoms with Crippen LogP contribution in [0.5, 0.6) is 0 Å². The fourth-order valence-corrected chi connectivity index (χ4v) is 2.71. The van der Waals surface area contributed by atoms with Crippen LogP contribution in [0.3, 0.4) is 0 Å². The van der Waals surface area contributed by atoms with E-state index in [9.17, 15) is 29.8 Å². The van der Waals surface area contributed by atoms with E-state index < -0.39 is 27.1 Å². The molecule has 0 aliphatic carbocycles. The number of rotatable bonds is 7. The molecule has 1 fully saturated rings. The van der Waals surface area contributed by atoms with Gasteiger partial charge >= 0.3 is 0 Å². The normalized spacial score (nSPS) is 13.8. The van der Waals surface area contributed by atoms with Gasteiger partial charge in [-0.2, -0.15) is 0 Å². The minimum absolute atomic E-state index is 0.0936. The quantitative estimate of drug-likeness (QED) is 0.450. The van der Waals surface area contributed by atoms with Crippen molar-refractivity contribution in [1.82, 2.24) is 10.2 Å². The van der Waals surface area contributed by atoms with Crippen LogP contribution in [0.2, 0.25) is 0 Å². The van der Waals surface area contributed by atoms with Gasteiger partial charge in [-0.25, -0.2) is 0 Å². The van der Waals surface area contributed by atoms with Crippen LogP contribution in [0.25, 0.3) is 0 Å². The van der Waals surface area contributed by atoms with Crippen molar-refractivity contribution in [2.45, 2.75) is 26.2 Å². The molecular weight excluding hydrogens is 332 g/mol. The lowest BCUT2D eigenvalue weighted by Gasteiger charge is -2.15. The maximum absolute atomic E-state index is 12.1. The summed E-state index contributed by atoms with van der Waals surface area (Å²) >= 11 is 0. The van der Waals surface area contributed by atoms with E-state index in [0.717, 1.165) is 18.6 Å². The molecule has 0 aromatic heterocycles. The third-order valence-corrected chi connectivity index (χ3v) is 4.07. The first-order valence-corrected chi connectivity index (χ1v) is 7.80. The summed E-state index contributed by atoms with van der Waals surface area (Å²) < 4.78 is 0. The van der Waals surface area contributed by atoms with Gasteiger partial charge in [0.1, 0.15) is 5.56 Å². The molecule has 10 heteroatoms. The molecule has 0 radical (unpaired) electrons. The molecule has 0 unspecified atom stereocenters. The zero-order valence-electron chi connectivity index (χ0n) is 13.7. The summed E-state index contributed by atoms with van der Waals surface area (Å²) in [5.74, 6) is -0.532. The smallest absolute Gasteiger partial charge is 0.279 e. The topological polar surface area (TPSA) is 136 Å². The standard InChI is InChI=1S/C15H18N4O6/c1-10-12(18(22)23)8-11(9-13(10)19(24)25)15(21)16-5-3-7-17-6-2-4-14(17)20/h8-9H,2-7H2,1H3,(H,16,21). The zero-order valence-corrected chi connectivity index (χ0v) is 13.7. The van der Waals surface area contributed by atoms with Gasteiger partial charge in [0.15, 0.2) is 0 Å². The molecule has 0 atom stereocenters. The Morgan fingerprint density at radius 2 is 1.84 bits per heavy atom. The molecular formula is C15H18N4O6. The Bertz CT molecular complexity index is 698. The average Bonchev–Trinajstić information content (AvgIpc) is 2.96. The van der Waals surface area contributed by atoms with Crippen molar-refractivity contribution in [3.63, 3.8) is 0 Å². The van der Waals surface area contributed by atoms with E-state index >= 15 is 0 Å². The average molecular weight is 350 g/mol. The first-order valence-electron chi connectivity index (χ1n) is 7.80. The molecule has 1 aliphatic heterocycles. The molecule has 25 heavy (non-hydrogen) atoms. The third-order valence-electron chi connectivity index (χ3n) is 4.07. The highest BCUT2D eigenvalue weighted by Gasteiger charge is 2.25. The lowest BCUT2D eigenvalue weighted by Crippen LogP contribution is -2.30. The fourth-order valence-electron chi connectivity index (χ4n) is 2.71. The van der Waals surface area contributed by atoms with Gasteiger partial charge in [-0.05, 0) is 19.8 Å². The Labute approximate surface area is 143 Å². The van der Waals surface area contributed by atoms with E-state index in [1.165, 1.54) is 6.92 Å². The number of nitro benzene ring substituents is 2. The van der Waals surface area contributed by atoms with Crippen LogP contribution >= 0.6 is 0 Å². The van der Waals surface area contributed by atoms with Crippen molar-refractivity contribution in [1.29, 1.82) is 0 Å². The summed E-state index contributed by atoms with van der Waals surface area (Å²) in [4.78, 5) is 45.9. The molecule has 1 aromatic rings. The summed E-state index contributed by atoms with van der Waals surface area (Å²) in [6.07, 6.45) is 1.92. The molecule has 10 nitrogen and oxygen atoms in total. The van der Waals surface area contributed by atoms with Crippen LogP contribution in [0, 0.1) is 27.2 Å². The van der Waals surface area contributed by atoms with Gasteiger partial charge in [-0.1, -0.05) is 0 Å². The highest BCUT2D eigenvalue weighted by atomic mass is 16.6. The van der Waals surface area contributed by atoms with Gasteiger partial charge < -0.3 is 10.2 Å². The molecule has 1 aliphatic rings. The largest absolute Gasteiger partial charge is 0.352 e. The Hall–Kier alpha value is -3.04. The molecule has 0 saturated carbocycles. The summed E-state index contributed by atoms with van der Waals surface area (Å²) in [5.41, 5.74) is -1.18. The van der Waals surface area contributed by atoms with Crippen molar-refractivity contribution in [2.24, 2.45) is 0 Å². The predicted molar refractivity (Wildman–Crippen MR) is 87.3 cm³/mol. The lowest BCUT2D eigenvalue weighted by molar-refractivity contribution is -0.395. The molecule has 2 amide bonds. The molecule has 1 saturated heterocycles. The SMILES string of the molecule is Cc1c([N+](=O)[O-])cc(C(=O)NCCCN2CCCC2=O)cc1[N+](=O)[O-]. The number of hydrogen-bond donors (Lipinski definition) is 1. The van der Waals surface area contributed by atoms with E-state index in [1.54, 1.807) is 4.90 Å². The molecule has 1 N–H and O–H groups in total. The van der Waals surface area contributed by atoms with Crippen molar-refractivity contribution in [3.05, 3.63) is 43.5 Å². The summed E-state index contributed by atoms with van der Waals surface area (Å²) in [7, 11) is 0. The number of likely N-dealkylation sites (tertiary alicyclic amines) is 1. The monoisotopic (exact) mass is 350 g/mol. The Morgan fingerprint density at radius 1 is 1.24 bits per heavy atom. The van der Waals surface area contributed by atoms with Gasteiger partial charge in [0.2, 0.25) is 5.91 Å². The fraction of sp³-hybridized carbons (Fsp3) is 0.467. The van der Waals surface area contributed by atoms with Crippen molar-refractivity contribution < 1.29 is 19.4 Å². The van der Waals surface area contributed by atoms with Gasteiger partial charge in [0.25, 0.3) is 17.3 Å². The van der Waals surface area contributed by atoms with Gasteiger partial charge in [-0.3, -0.25) is 29.8 Å². The van der Waals surface area contributed by atoms with E-state index in [-0.39, 0.29) is 23.6 Å². The second kappa shape index (κ2) is 7.69. The molecule has 0 bridgehead atoms. The van der Waals surface area contributed by atoms with Crippen LogP contribution < -0.4 is 5.32 Å². The Balaban J connectivity index is 2.02. The number of nitrogens with one attached hydrogen (secondary N) is 1. The number of hydrogen-bond acceptors (Lipinski definition) is 6. The van der Waals surface area contributed by atoms with Gasteiger partial charge in [0.05, 0.1) is 15.4 Å². The molecule has 0 spiro atoms. The van der Waals surface area contributed by atoms with Crippen molar-refractivity contribution in [2.75, 3.05) is 19.6 Å². The second-order valence-electron chi connectivity index (χ2n) is 5.75. The lowest BCUT2D eigenvalue weighted by atomic mass is 10.1. The van der Waals surface area contributed by atoms with Crippen molar-refractivity contribution >= 4 is 23.2 Å². The predicted octanol–water partition coefficient (Wildman–Crippen LogP) is 1.55. The minimum Gasteiger partial charge on any atom is -0.352 e. The third kappa shape index (κ3) is 4.28. The highest BCUT2D eigenvalue weighted by molar-refractivity contribution is 5.96. The van der Waals surface area contributed by atoms with E-state index in [0.29, 0.717) is 25.9 Å². The van der Waals surface area contributed by atoms with Crippen LogP contribution in [0.1, 0.15) is 35.2 Å². The van der Waals surface area contributed by atoms with Crippen LogP contribution in [-0.2, 0) is 4.79 Å². The van der Waals surface area contributed by atoms with Crippen molar-refractivity contribution in [3.8, 4) is 0 Å². The van der Waals surface area contributed by atoms with Crippen LogP contribution in [-0.4, -0.2) is 46.2 Å². The van der Waals surface area contributed by atoms with Crippen LogP contribution in [0.15, 0.2) is 12.1 Å². The molecule has 1 heterocycles.